The molecule has 0 aliphatic rings. The van der Waals surface area contributed by atoms with Gasteiger partial charge in [0.15, 0.2) is 0 Å². The first-order valence-electron chi connectivity index (χ1n) is 9.71. The van der Waals surface area contributed by atoms with Gasteiger partial charge in [0.1, 0.15) is 12.4 Å². The molecular weight excluding hydrogens is 414 g/mol. The lowest BCUT2D eigenvalue weighted by molar-refractivity contribution is -0.121. The second-order valence-corrected chi connectivity index (χ2v) is 7.32. The zero-order valence-corrected chi connectivity index (χ0v) is 17.3. The summed E-state index contributed by atoms with van der Waals surface area (Å²) in [4.78, 5) is 28.1. The smallest absolute Gasteiger partial charge is 0.273 e. The third-order valence-corrected chi connectivity index (χ3v) is 5.18. The molecule has 0 aliphatic carbocycles. The van der Waals surface area contributed by atoms with E-state index in [0.717, 1.165) is 22.0 Å². The molecule has 4 rings (SSSR count). The SMILES string of the molecule is O=C(Cc1c[nH]c2ccccc12)NNC(=O)c1ccccc1OCc1ccccc1Cl. The number of nitrogens with one attached hydrogen (secondary N) is 3. The zero-order valence-electron chi connectivity index (χ0n) is 16.5. The first kappa shape index (κ1) is 20.5. The number of para-hydroxylation sites is 2. The number of fused-ring (bicyclic) bond motifs is 1. The van der Waals surface area contributed by atoms with E-state index in [2.05, 4.69) is 15.8 Å². The van der Waals surface area contributed by atoms with Gasteiger partial charge in [-0.1, -0.05) is 60.1 Å². The van der Waals surface area contributed by atoms with Crippen LogP contribution in [-0.2, 0) is 17.8 Å². The van der Waals surface area contributed by atoms with Crippen LogP contribution in [0.4, 0.5) is 0 Å². The number of ether oxygens (including phenoxy) is 1. The number of halogens is 1. The highest BCUT2D eigenvalue weighted by Gasteiger charge is 2.14. The van der Waals surface area contributed by atoms with Crippen LogP contribution in [0.2, 0.25) is 5.02 Å². The van der Waals surface area contributed by atoms with E-state index < -0.39 is 5.91 Å². The summed E-state index contributed by atoms with van der Waals surface area (Å²) in [6.45, 7) is 0.219. The Labute approximate surface area is 184 Å². The Bertz CT molecular complexity index is 1240. The van der Waals surface area contributed by atoms with Crippen LogP contribution in [0.25, 0.3) is 10.9 Å². The van der Waals surface area contributed by atoms with Crippen molar-refractivity contribution in [3.63, 3.8) is 0 Å². The highest BCUT2D eigenvalue weighted by atomic mass is 35.5. The van der Waals surface area contributed by atoms with E-state index in [1.807, 2.05) is 42.5 Å². The molecule has 0 bridgehead atoms. The summed E-state index contributed by atoms with van der Waals surface area (Å²) in [5.41, 5.74) is 7.85. The fraction of sp³-hybridized carbons (Fsp3) is 0.0833. The number of amides is 2. The second kappa shape index (κ2) is 9.36. The lowest BCUT2D eigenvalue weighted by Crippen LogP contribution is -2.42. The molecule has 31 heavy (non-hydrogen) atoms. The number of carbonyl (C=O) groups is 2. The molecule has 0 saturated carbocycles. The Morgan fingerprint density at radius 2 is 1.61 bits per heavy atom. The highest BCUT2D eigenvalue weighted by molar-refractivity contribution is 6.31. The summed E-state index contributed by atoms with van der Waals surface area (Å²) in [7, 11) is 0. The summed E-state index contributed by atoms with van der Waals surface area (Å²) < 4.78 is 5.80. The molecule has 0 fully saturated rings. The van der Waals surface area contributed by atoms with E-state index in [4.69, 9.17) is 16.3 Å². The van der Waals surface area contributed by atoms with E-state index in [1.165, 1.54) is 0 Å². The average Bonchev–Trinajstić information content (AvgIpc) is 3.20. The van der Waals surface area contributed by atoms with Gasteiger partial charge in [-0.25, -0.2) is 0 Å². The summed E-state index contributed by atoms with van der Waals surface area (Å²) in [5.74, 6) is -0.402. The number of hydrogen-bond donors (Lipinski definition) is 3. The number of rotatable bonds is 6. The topological polar surface area (TPSA) is 83.2 Å². The summed E-state index contributed by atoms with van der Waals surface area (Å²) in [5, 5.41) is 1.57. The lowest BCUT2D eigenvalue weighted by atomic mass is 10.1. The Hall–Kier alpha value is -3.77. The lowest BCUT2D eigenvalue weighted by Gasteiger charge is -2.13. The van der Waals surface area contributed by atoms with E-state index in [9.17, 15) is 9.59 Å². The predicted octanol–water partition coefficient (Wildman–Crippen LogP) is 4.40. The van der Waals surface area contributed by atoms with Crippen LogP contribution in [0.1, 0.15) is 21.5 Å². The van der Waals surface area contributed by atoms with Gasteiger partial charge in [-0.3, -0.25) is 20.4 Å². The van der Waals surface area contributed by atoms with Crippen molar-refractivity contribution in [2.24, 2.45) is 0 Å². The van der Waals surface area contributed by atoms with Crippen LogP contribution in [0.5, 0.6) is 5.75 Å². The highest BCUT2D eigenvalue weighted by Crippen LogP contribution is 2.22. The van der Waals surface area contributed by atoms with Crippen molar-refractivity contribution in [2.45, 2.75) is 13.0 Å². The van der Waals surface area contributed by atoms with Crippen LogP contribution >= 0.6 is 11.6 Å². The largest absolute Gasteiger partial charge is 0.488 e. The van der Waals surface area contributed by atoms with Gasteiger partial charge >= 0.3 is 0 Å². The molecule has 6 nitrogen and oxygen atoms in total. The normalized spacial score (nSPS) is 10.6. The van der Waals surface area contributed by atoms with Crippen LogP contribution in [-0.4, -0.2) is 16.8 Å². The Morgan fingerprint density at radius 1 is 0.871 bits per heavy atom. The van der Waals surface area contributed by atoms with Crippen molar-refractivity contribution in [3.8, 4) is 5.75 Å². The number of H-pyrrole nitrogens is 1. The Balaban J connectivity index is 1.37. The van der Waals surface area contributed by atoms with Gasteiger partial charge in [0.25, 0.3) is 5.91 Å². The van der Waals surface area contributed by atoms with Crippen molar-refractivity contribution >= 4 is 34.3 Å². The monoisotopic (exact) mass is 433 g/mol. The Morgan fingerprint density at radius 3 is 2.48 bits per heavy atom. The van der Waals surface area contributed by atoms with Gasteiger partial charge in [-0.15, -0.1) is 0 Å². The van der Waals surface area contributed by atoms with Gasteiger partial charge < -0.3 is 9.72 Å². The molecule has 3 N–H and O–H groups in total. The molecule has 0 saturated heterocycles. The maximum absolute atomic E-state index is 12.6. The minimum atomic E-state index is -0.470. The molecule has 2 amide bonds. The van der Waals surface area contributed by atoms with Crippen molar-refractivity contribution in [3.05, 3.63) is 101 Å². The standard InChI is InChI=1S/C24H20ClN3O3/c25-20-10-4-1-7-16(20)15-31-22-12-6-3-9-19(22)24(30)28-27-23(29)13-17-14-26-21-11-5-2-8-18(17)21/h1-12,14,26H,13,15H2,(H,27,29)(H,28,30). The average molecular weight is 434 g/mol. The van der Waals surface area contributed by atoms with E-state index in [0.29, 0.717) is 16.3 Å². The minimum absolute atomic E-state index is 0.134. The van der Waals surface area contributed by atoms with Gasteiger partial charge in [0.05, 0.1) is 12.0 Å². The van der Waals surface area contributed by atoms with Crippen LogP contribution < -0.4 is 15.6 Å². The molecule has 0 aliphatic heterocycles. The van der Waals surface area contributed by atoms with Gasteiger partial charge in [-0.2, -0.15) is 0 Å². The zero-order chi connectivity index (χ0) is 21.6. The van der Waals surface area contributed by atoms with Crippen LogP contribution in [0, 0.1) is 0 Å². The fourth-order valence-corrected chi connectivity index (χ4v) is 3.43. The third kappa shape index (κ3) is 4.87. The molecule has 0 spiro atoms. The maximum atomic E-state index is 12.6. The molecule has 0 radical (unpaired) electrons. The molecule has 156 valence electrons. The molecule has 4 aromatic rings. The second-order valence-electron chi connectivity index (χ2n) is 6.91. The van der Waals surface area contributed by atoms with E-state index in [1.54, 1.807) is 36.5 Å². The van der Waals surface area contributed by atoms with Crippen molar-refractivity contribution < 1.29 is 14.3 Å². The van der Waals surface area contributed by atoms with Crippen LogP contribution in [0.15, 0.2) is 79.0 Å². The van der Waals surface area contributed by atoms with Gasteiger partial charge in [0.2, 0.25) is 5.91 Å². The minimum Gasteiger partial charge on any atom is -0.488 e. The fourth-order valence-electron chi connectivity index (χ4n) is 3.24. The van der Waals surface area contributed by atoms with Gasteiger partial charge in [0, 0.05) is 27.7 Å². The number of aromatic amines is 1. The predicted molar refractivity (Wildman–Crippen MR) is 120 cm³/mol. The summed E-state index contributed by atoms with van der Waals surface area (Å²) >= 11 is 6.16. The third-order valence-electron chi connectivity index (χ3n) is 4.81. The molecule has 1 heterocycles. The van der Waals surface area contributed by atoms with Crippen molar-refractivity contribution in [2.75, 3.05) is 0 Å². The Kier molecular flexibility index (Phi) is 6.19. The van der Waals surface area contributed by atoms with Crippen molar-refractivity contribution in [1.82, 2.24) is 15.8 Å². The van der Waals surface area contributed by atoms with Crippen LogP contribution in [0.3, 0.4) is 0 Å². The molecule has 0 unspecified atom stereocenters. The van der Waals surface area contributed by atoms with Gasteiger partial charge in [-0.05, 0) is 29.8 Å². The number of hydrazine groups is 1. The molecule has 0 atom stereocenters. The number of benzene rings is 3. The number of hydrogen-bond acceptors (Lipinski definition) is 3. The van der Waals surface area contributed by atoms with E-state index in [-0.39, 0.29) is 18.9 Å². The summed E-state index contributed by atoms with van der Waals surface area (Å²) in [6.07, 6.45) is 1.93. The molecule has 1 aromatic heterocycles. The summed E-state index contributed by atoms with van der Waals surface area (Å²) in [6, 6.07) is 21.9. The molecular formula is C24H20ClN3O3. The molecule has 7 heteroatoms. The first-order chi connectivity index (χ1) is 15.1. The number of carbonyl (C=O) groups excluding carboxylic acids is 2. The van der Waals surface area contributed by atoms with E-state index >= 15 is 0 Å². The first-order valence-corrected chi connectivity index (χ1v) is 10.1. The quantitative estimate of drug-likeness (QED) is 0.394. The van der Waals surface area contributed by atoms with Crippen molar-refractivity contribution in [1.29, 1.82) is 0 Å². The maximum Gasteiger partial charge on any atom is 0.273 e. The number of aromatic nitrogens is 1. The molecule has 3 aromatic carbocycles.